The van der Waals surface area contributed by atoms with E-state index in [1.807, 2.05) is 4.90 Å². The number of aryl methyl sites for hydroxylation is 1. The lowest BCUT2D eigenvalue weighted by Crippen LogP contribution is -2.45. The average molecular weight is 360 g/mol. The molecule has 0 bridgehead atoms. The molecule has 2 aromatic heterocycles. The lowest BCUT2D eigenvalue weighted by atomic mass is 9.89. The number of hydrogen-bond acceptors (Lipinski definition) is 5. The summed E-state index contributed by atoms with van der Waals surface area (Å²) in [5.41, 5.74) is 0.987. The molecule has 1 aliphatic carbocycles. The zero-order chi connectivity index (χ0) is 17.6. The number of amides is 1. The van der Waals surface area contributed by atoms with Crippen molar-refractivity contribution in [2.24, 2.45) is 5.92 Å². The maximum absolute atomic E-state index is 12.9. The van der Waals surface area contributed by atoms with Gasteiger partial charge in [0.05, 0.1) is 5.39 Å². The number of likely N-dealkylation sites (tertiary alicyclic amines) is 1. The minimum atomic E-state index is -0.157. The SMILES string of the molecule is C[C@@H]1CCc2c(sc3nnn(CC(=O)N4CCCC[C@H]4C)c(=O)c23)C1. The Morgan fingerprint density at radius 3 is 2.92 bits per heavy atom. The highest BCUT2D eigenvalue weighted by Gasteiger charge is 2.26. The minimum Gasteiger partial charge on any atom is -0.338 e. The van der Waals surface area contributed by atoms with Crippen LogP contribution in [-0.2, 0) is 24.2 Å². The Balaban J connectivity index is 1.65. The molecule has 2 aromatic rings. The molecule has 1 aliphatic heterocycles. The van der Waals surface area contributed by atoms with Crippen molar-refractivity contribution in [3.05, 3.63) is 20.8 Å². The van der Waals surface area contributed by atoms with Gasteiger partial charge in [0, 0.05) is 17.5 Å². The Kier molecular flexibility index (Phi) is 4.35. The van der Waals surface area contributed by atoms with Crippen molar-refractivity contribution in [3.63, 3.8) is 0 Å². The van der Waals surface area contributed by atoms with Gasteiger partial charge in [0.2, 0.25) is 5.91 Å². The van der Waals surface area contributed by atoms with E-state index in [0.717, 1.165) is 55.5 Å². The summed E-state index contributed by atoms with van der Waals surface area (Å²) in [4.78, 5) is 29.5. The van der Waals surface area contributed by atoms with Crippen LogP contribution in [0.5, 0.6) is 0 Å². The van der Waals surface area contributed by atoms with Gasteiger partial charge in [0.15, 0.2) is 4.83 Å². The molecule has 25 heavy (non-hydrogen) atoms. The van der Waals surface area contributed by atoms with E-state index in [0.29, 0.717) is 11.3 Å². The molecule has 134 valence electrons. The Hall–Kier alpha value is -1.76. The van der Waals surface area contributed by atoms with Gasteiger partial charge >= 0.3 is 0 Å². The molecule has 0 aromatic carbocycles. The predicted octanol–water partition coefficient (Wildman–Crippen LogP) is 2.38. The molecule has 2 atom stereocenters. The van der Waals surface area contributed by atoms with E-state index in [1.54, 1.807) is 11.3 Å². The van der Waals surface area contributed by atoms with E-state index in [9.17, 15) is 9.59 Å². The maximum atomic E-state index is 12.9. The smallest absolute Gasteiger partial charge is 0.279 e. The van der Waals surface area contributed by atoms with Gasteiger partial charge in [-0.25, -0.2) is 4.68 Å². The number of carbonyl (C=O) groups excluding carboxylic acids is 1. The number of thiophene rings is 1. The minimum absolute atomic E-state index is 0.00681. The van der Waals surface area contributed by atoms with Crippen LogP contribution in [0.15, 0.2) is 4.79 Å². The number of hydrogen-bond donors (Lipinski definition) is 0. The van der Waals surface area contributed by atoms with Crippen LogP contribution >= 0.6 is 11.3 Å². The Morgan fingerprint density at radius 1 is 1.28 bits per heavy atom. The molecule has 1 fully saturated rings. The summed E-state index contributed by atoms with van der Waals surface area (Å²) >= 11 is 1.59. The molecule has 0 unspecified atom stereocenters. The van der Waals surface area contributed by atoms with Crippen LogP contribution in [0.2, 0.25) is 0 Å². The van der Waals surface area contributed by atoms with Crippen LogP contribution in [-0.4, -0.2) is 38.4 Å². The van der Waals surface area contributed by atoms with Gasteiger partial charge in [-0.15, -0.1) is 16.4 Å². The number of fused-ring (bicyclic) bond motifs is 3. The van der Waals surface area contributed by atoms with E-state index in [4.69, 9.17) is 0 Å². The molecular weight excluding hydrogens is 336 g/mol. The van der Waals surface area contributed by atoms with Crippen molar-refractivity contribution in [2.45, 2.75) is 65.0 Å². The third-order valence-corrected chi connectivity index (χ3v) is 6.73. The molecule has 1 saturated heterocycles. The van der Waals surface area contributed by atoms with Crippen molar-refractivity contribution < 1.29 is 4.79 Å². The van der Waals surface area contributed by atoms with Crippen molar-refractivity contribution in [1.29, 1.82) is 0 Å². The normalized spacial score (nSPS) is 23.7. The second-order valence-corrected chi connectivity index (χ2v) is 8.60. The fourth-order valence-electron chi connectivity index (χ4n) is 4.08. The zero-order valence-corrected chi connectivity index (χ0v) is 15.6. The summed E-state index contributed by atoms with van der Waals surface area (Å²) in [6.07, 6.45) is 6.27. The number of nitrogens with zero attached hydrogens (tertiary/aromatic N) is 4. The highest BCUT2D eigenvalue weighted by Crippen LogP contribution is 2.35. The first kappa shape index (κ1) is 16.7. The van der Waals surface area contributed by atoms with Crippen molar-refractivity contribution >= 4 is 27.5 Å². The molecule has 6 nitrogen and oxygen atoms in total. The standard InChI is InChI=1S/C18H24N4O2S/c1-11-6-7-13-14(9-11)25-17-16(13)18(24)22(20-19-17)10-15(23)21-8-4-3-5-12(21)2/h11-12H,3-10H2,1-2H3/t11-,12-/m1/s1. The Bertz CT molecular complexity index is 872. The molecule has 2 aliphatic rings. The van der Waals surface area contributed by atoms with Crippen LogP contribution in [0.25, 0.3) is 10.2 Å². The summed E-state index contributed by atoms with van der Waals surface area (Å²) in [6, 6.07) is 0.240. The van der Waals surface area contributed by atoms with Gasteiger partial charge < -0.3 is 4.90 Å². The van der Waals surface area contributed by atoms with Crippen molar-refractivity contribution in [2.75, 3.05) is 6.54 Å². The van der Waals surface area contributed by atoms with Gasteiger partial charge in [0.25, 0.3) is 5.56 Å². The average Bonchev–Trinajstić information content (AvgIpc) is 2.95. The van der Waals surface area contributed by atoms with E-state index < -0.39 is 0 Å². The maximum Gasteiger partial charge on any atom is 0.279 e. The first-order valence-corrected chi connectivity index (χ1v) is 10.0. The lowest BCUT2D eigenvalue weighted by molar-refractivity contribution is -0.135. The van der Waals surface area contributed by atoms with Gasteiger partial charge in [0.1, 0.15) is 6.54 Å². The third kappa shape index (κ3) is 2.99. The first-order chi connectivity index (χ1) is 12.0. The van der Waals surface area contributed by atoms with Crippen molar-refractivity contribution in [3.8, 4) is 0 Å². The number of aromatic nitrogens is 3. The molecule has 3 heterocycles. The molecule has 0 N–H and O–H groups in total. The summed E-state index contributed by atoms with van der Waals surface area (Å²) in [7, 11) is 0. The van der Waals surface area contributed by atoms with E-state index in [1.165, 1.54) is 9.56 Å². The zero-order valence-electron chi connectivity index (χ0n) is 14.8. The van der Waals surface area contributed by atoms with Gasteiger partial charge in [-0.05, 0) is 56.9 Å². The summed E-state index contributed by atoms with van der Waals surface area (Å²) in [6.45, 7) is 5.09. The number of carbonyl (C=O) groups is 1. The summed E-state index contributed by atoms with van der Waals surface area (Å²) in [5.74, 6) is 0.624. The molecule has 0 spiro atoms. The molecule has 7 heteroatoms. The predicted molar refractivity (Wildman–Crippen MR) is 97.9 cm³/mol. The van der Waals surface area contributed by atoms with Gasteiger partial charge in [-0.1, -0.05) is 12.1 Å². The van der Waals surface area contributed by atoms with E-state index in [2.05, 4.69) is 24.2 Å². The van der Waals surface area contributed by atoms with Crippen LogP contribution in [0.3, 0.4) is 0 Å². The van der Waals surface area contributed by atoms with Crippen molar-refractivity contribution in [1.82, 2.24) is 19.9 Å². The van der Waals surface area contributed by atoms with Crippen LogP contribution in [0.1, 0.15) is 50.0 Å². The molecule has 4 rings (SSSR count). The van der Waals surface area contributed by atoms with Crippen LogP contribution in [0, 0.1) is 5.92 Å². The molecular formula is C18H24N4O2S. The monoisotopic (exact) mass is 360 g/mol. The first-order valence-electron chi connectivity index (χ1n) is 9.22. The third-order valence-electron chi connectivity index (χ3n) is 5.59. The Labute approximate surface area is 150 Å². The number of rotatable bonds is 2. The summed E-state index contributed by atoms with van der Waals surface area (Å²) in [5, 5.41) is 8.99. The Morgan fingerprint density at radius 2 is 2.12 bits per heavy atom. The lowest BCUT2D eigenvalue weighted by Gasteiger charge is -2.33. The highest BCUT2D eigenvalue weighted by atomic mass is 32.1. The fraction of sp³-hybridized carbons (Fsp3) is 0.667. The summed E-state index contributed by atoms with van der Waals surface area (Å²) < 4.78 is 1.26. The second kappa shape index (κ2) is 6.52. The van der Waals surface area contributed by atoms with Gasteiger partial charge in [-0.3, -0.25) is 9.59 Å². The van der Waals surface area contributed by atoms with E-state index in [-0.39, 0.29) is 24.1 Å². The van der Waals surface area contributed by atoms with E-state index >= 15 is 0 Å². The van der Waals surface area contributed by atoms with Crippen LogP contribution in [0.4, 0.5) is 0 Å². The number of piperidine rings is 1. The molecule has 0 radical (unpaired) electrons. The molecule has 0 saturated carbocycles. The quantitative estimate of drug-likeness (QED) is 0.825. The fourth-order valence-corrected chi connectivity index (χ4v) is 5.40. The topological polar surface area (TPSA) is 68.1 Å². The largest absolute Gasteiger partial charge is 0.338 e. The second-order valence-electron chi connectivity index (χ2n) is 7.52. The van der Waals surface area contributed by atoms with Gasteiger partial charge in [-0.2, -0.15) is 0 Å². The molecule has 1 amide bonds. The highest BCUT2D eigenvalue weighted by molar-refractivity contribution is 7.18. The van der Waals surface area contributed by atoms with Crippen LogP contribution < -0.4 is 5.56 Å².